The van der Waals surface area contributed by atoms with Crippen molar-refractivity contribution in [1.82, 2.24) is 4.98 Å². The zero-order valence-electron chi connectivity index (χ0n) is 10.8. The number of rotatable bonds is 4. The molecule has 5 nitrogen and oxygen atoms in total. The molecule has 1 N–H and O–H groups in total. The summed E-state index contributed by atoms with van der Waals surface area (Å²) in [6.07, 6.45) is 1.11. The highest BCUT2D eigenvalue weighted by atomic mass is 35.5. The summed E-state index contributed by atoms with van der Waals surface area (Å²) in [5.41, 5.74) is 0.887. The van der Waals surface area contributed by atoms with Gasteiger partial charge in [0.1, 0.15) is 17.0 Å². The van der Waals surface area contributed by atoms with Gasteiger partial charge in [0, 0.05) is 16.1 Å². The van der Waals surface area contributed by atoms with E-state index < -0.39 is 4.92 Å². The van der Waals surface area contributed by atoms with Crippen molar-refractivity contribution in [2.75, 3.05) is 5.32 Å². The van der Waals surface area contributed by atoms with Crippen LogP contribution in [-0.2, 0) is 0 Å². The van der Waals surface area contributed by atoms with Crippen molar-refractivity contribution in [3.8, 4) is 0 Å². The zero-order valence-corrected chi connectivity index (χ0v) is 13.1. The van der Waals surface area contributed by atoms with Crippen molar-refractivity contribution in [3.63, 3.8) is 0 Å². The predicted molar refractivity (Wildman–Crippen MR) is 84.4 cm³/mol. The van der Waals surface area contributed by atoms with Crippen molar-refractivity contribution in [2.45, 2.75) is 13.0 Å². The summed E-state index contributed by atoms with van der Waals surface area (Å²) >= 11 is 17.8. The van der Waals surface area contributed by atoms with Gasteiger partial charge in [-0.1, -0.05) is 40.9 Å². The van der Waals surface area contributed by atoms with Crippen LogP contribution in [0.3, 0.4) is 0 Å². The Labute approximate surface area is 136 Å². The highest BCUT2D eigenvalue weighted by Gasteiger charge is 2.18. The third-order valence-electron chi connectivity index (χ3n) is 2.85. The number of aromatic nitrogens is 1. The average molecular weight is 347 g/mol. The van der Waals surface area contributed by atoms with Gasteiger partial charge in [-0.2, -0.15) is 0 Å². The van der Waals surface area contributed by atoms with Gasteiger partial charge in [0.05, 0.1) is 11.0 Å². The zero-order chi connectivity index (χ0) is 15.6. The van der Waals surface area contributed by atoms with Crippen LogP contribution in [-0.4, -0.2) is 9.91 Å². The number of hydrogen-bond donors (Lipinski definition) is 1. The molecule has 1 atom stereocenters. The standard InChI is InChI=1S/C13H10Cl3N3O2/c1-7(9-3-2-8(14)4-10(9)15)18-11-5-13(16)17-6-12(11)19(20)21/h2-7H,1H3,(H,17,18)/t7-/m1/s1. The average Bonchev–Trinajstić information content (AvgIpc) is 2.37. The monoisotopic (exact) mass is 345 g/mol. The Bertz CT molecular complexity index is 694. The highest BCUT2D eigenvalue weighted by Crippen LogP contribution is 2.32. The SMILES string of the molecule is C[C@@H](Nc1cc(Cl)ncc1[N+](=O)[O-])c1ccc(Cl)cc1Cl. The number of anilines is 1. The first-order valence-electron chi connectivity index (χ1n) is 5.90. The van der Waals surface area contributed by atoms with Gasteiger partial charge in [0.2, 0.25) is 0 Å². The molecule has 0 aliphatic heterocycles. The molecule has 0 fully saturated rings. The summed E-state index contributed by atoms with van der Waals surface area (Å²) in [5.74, 6) is 0. The second-order valence-electron chi connectivity index (χ2n) is 4.31. The number of benzene rings is 1. The molecular weight excluding hydrogens is 337 g/mol. The van der Waals surface area contributed by atoms with Gasteiger partial charge >= 0.3 is 5.69 Å². The second kappa shape index (κ2) is 6.47. The molecule has 0 unspecified atom stereocenters. The molecule has 2 aromatic rings. The van der Waals surface area contributed by atoms with E-state index in [-0.39, 0.29) is 22.6 Å². The fourth-order valence-electron chi connectivity index (χ4n) is 1.85. The van der Waals surface area contributed by atoms with Crippen molar-refractivity contribution in [3.05, 3.63) is 61.3 Å². The number of nitro groups is 1. The highest BCUT2D eigenvalue weighted by molar-refractivity contribution is 6.35. The fourth-order valence-corrected chi connectivity index (χ4v) is 2.58. The number of hydrogen-bond acceptors (Lipinski definition) is 4. The number of nitrogens with zero attached hydrogens (tertiary/aromatic N) is 2. The Morgan fingerprint density at radius 1 is 1.29 bits per heavy atom. The Kier molecular flexibility index (Phi) is 4.88. The second-order valence-corrected chi connectivity index (χ2v) is 5.54. The quantitative estimate of drug-likeness (QED) is 0.474. The molecule has 0 radical (unpaired) electrons. The van der Waals surface area contributed by atoms with Crippen LogP contribution in [0.5, 0.6) is 0 Å². The lowest BCUT2D eigenvalue weighted by Crippen LogP contribution is -2.09. The first-order valence-corrected chi connectivity index (χ1v) is 7.03. The van der Waals surface area contributed by atoms with E-state index in [4.69, 9.17) is 34.8 Å². The summed E-state index contributed by atoms with van der Waals surface area (Å²) in [6, 6.07) is 6.21. The predicted octanol–water partition coefficient (Wildman–Crippen LogP) is 5.12. The summed E-state index contributed by atoms with van der Waals surface area (Å²) in [4.78, 5) is 14.2. The molecule has 0 saturated heterocycles. The van der Waals surface area contributed by atoms with Crippen LogP contribution < -0.4 is 5.32 Å². The minimum Gasteiger partial charge on any atom is -0.373 e. The van der Waals surface area contributed by atoms with Crippen molar-refractivity contribution in [1.29, 1.82) is 0 Å². The molecular formula is C13H10Cl3N3O2. The van der Waals surface area contributed by atoms with E-state index in [0.29, 0.717) is 10.0 Å². The Morgan fingerprint density at radius 2 is 2.00 bits per heavy atom. The van der Waals surface area contributed by atoms with Gasteiger partial charge < -0.3 is 5.32 Å². The lowest BCUT2D eigenvalue weighted by atomic mass is 10.1. The van der Waals surface area contributed by atoms with E-state index in [9.17, 15) is 10.1 Å². The van der Waals surface area contributed by atoms with Crippen LogP contribution in [0.25, 0.3) is 0 Å². The molecule has 1 aromatic carbocycles. The summed E-state index contributed by atoms with van der Waals surface area (Å²) in [5, 5.41) is 15.2. The smallest absolute Gasteiger partial charge is 0.310 e. The largest absolute Gasteiger partial charge is 0.373 e. The molecule has 110 valence electrons. The van der Waals surface area contributed by atoms with Gasteiger partial charge in [-0.15, -0.1) is 0 Å². The molecule has 0 bridgehead atoms. The fraction of sp³-hybridized carbons (Fsp3) is 0.154. The first kappa shape index (κ1) is 15.8. The van der Waals surface area contributed by atoms with Crippen LogP contribution >= 0.6 is 34.8 Å². The topological polar surface area (TPSA) is 68.1 Å². The summed E-state index contributed by atoms with van der Waals surface area (Å²) < 4.78 is 0. The van der Waals surface area contributed by atoms with E-state index in [0.717, 1.165) is 11.8 Å². The normalized spacial score (nSPS) is 12.0. The van der Waals surface area contributed by atoms with Crippen LogP contribution in [0.4, 0.5) is 11.4 Å². The third-order valence-corrected chi connectivity index (χ3v) is 3.62. The van der Waals surface area contributed by atoms with Gasteiger partial charge in [0.25, 0.3) is 0 Å². The molecule has 1 heterocycles. The van der Waals surface area contributed by atoms with Crippen LogP contribution in [0.1, 0.15) is 18.5 Å². The van der Waals surface area contributed by atoms with Gasteiger partial charge in [0.15, 0.2) is 0 Å². The lowest BCUT2D eigenvalue weighted by molar-refractivity contribution is -0.384. The molecule has 1 aromatic heterocycles. The molecule has 0 amide bonds. The number of nitrogens with one attached hydrogen (secondary N) is 1. The number of pyridine rings is 1. The summed E-state index contributed by atoms with van der Waals surface area (Å²) in [7, 11) is 0. The molecule has 21 heavy (non-hydrogen) atoms. The van der Waals surface area contributed by atoms with E-state index in [1.54, 1.807) is 18.2 Å². The Hall–Kier alpha value is -1.56. The Morgan fingerprint density at radius 3 is 2.62 bits per heavy atom. The Balaban J connectivity index is 2.33. The number of halogens is 3. The van der Waals surface area contributed by atoms with Crippen LogP contribution in [0.15, 0.2) is 30.5 Å². The van der Waals surface area contributed by atoms with E-state index in [1.807, 2.05) is 6.92 Å². The maximum Gasteiger partial charge on any atom is 0.310 e. The van der Waals surface area contributed by atoms with Gasteiger partial charge in [-0.3, -0.25) is 10.1 Å². The first-order chi connectivity index (χ1) is 9.88. The maximum atomic E-state index is 11.0. The molecule has 0 saturated carbocycles. The van der Waals surface area contributed by atoms with E-state index >= 15 is 0 Å². The minimum absolute atomic E-state index is 0.156. The van der Waals surface area contributed by atoms with Gasteiger partial charge in [-0.25, -0.2) is 4.98 Å². The molecule has 2 rings (SSSR count). The third kappa shape index (κ3) is 3.75. The maximum absolute atomic E-state index is 11.0. The van der Waals surface area contributed by atoms with E-state index in [1.165, 1.54) is 6.07 Å². The van der Waals surface area contributed by atoms with Crippen molar-refractivity contribution in [2.24, 2.45) is 0 Å². The van der Waals surface area contributed by atoms with Crippen molar-refractivity contribution < 1.29 is 4.92 Å². The summed E-state index contributed by atoms with van der Waals surface area (Å²) in [6.45, 7) is 1.83. The van der Waals surface area contributed by atoms with Gasteiger partial charge in [-0.05, 0) is 24.6 Å². The molecule has 0 aliphatic rings. The minimum atomic E-state index is -0.526. The van der Waals surface area contributed by atoms with Crippen LogP contribution in [0.2, 0.25) is 15.2 Å². The van der Waals surface area contributed by atoms with Crippen molar-refractivity contribution >= 4 is 46.2 Å². The molecule has 8 heteroatoms. The van der Waals surface area contributed by atoms with Crippen LogP contribution in [0, 0.1) is 10.1 Å². The lowest BCUT2D eigenvalue weighted by Gasteiger charge is -2.17. The van der Waals surface area contributed by atoms with E-state index in [2.05, 4.69) is 10.3 Å². The molecule has 0 spiro atoms. The molecule has 0 aliphatic carbocycles.